The van der Waals surface area contributed by atoms with Crippen LogP contribution in [0.2, 0.25) is 0 Å². The van der Waals surface area contributed by atoms with E-state index < -0.39 is 0 Å². The zero-order chi connectivity index (χ0) is 12.3. The number of hydrogen-bond donors (Lipinski definition) is 1. The molecule has 1 aromatic rings. The van der Waals surface area contributed by atoms with Crippen LogP contribution in [0, 0.1) is 11.8 Å². The smallest absolute Gasteiger partial charge is 0.140 e. The molecular weight excluding hydrogens is 210 g/mol. The van der Waals surface area contributed by atoms with Crippen molar-refractivity contribution in [1.29, 1.82) is 0 Å². The van der Waals surface area contributed by atoms with Crippen molar-refractivity contribution in [3.63, 3.8) is 0 Å². The van der Waals surface area contributed by atoms with Gasteiger partial charge in [0.1, 0.15) is 5.78 Å². The van der Waals surface area contributed by atoms with Crippen molar-refractivity contribution in [3.8, 4) is 0 Å². The highest BCUT2D eigenvalue weighted by Gasteiger charge is 2.28. The predicted molar refractivity (Wildman–Crippen MR) is 70.1 cm³/mol. The molecule has 0 bridgehead atoms. The molecule has 1 heterocycles. The molecule has 0 saturated carbocycles. The summed E-state index contributed by atoms with van der Waals surface area (Å²) in [6, 6.07) is 8.42. The molecule has 1 atom stereocenters. The number of hydrogen-bond acceptors (Lipinski definition) is 2. The van der Waals surface area contributed by atoms with Crippen molar-refractivity contribution in [2.75, 3.05) is 13.1 Å². The lowest BCUT2D eigenvalue weighted by molar-refractivity contribution is -0.123. The van der Waals surface area contributed by atoms with E-state index in [1.54, 1.807) is 0 Å². The van der Waals surface area contributed by atoms with Crippen molar-refractivity contribution in [3.05, 3.63) is 35.4 Å². The second kappa shape index (κ2) is 5.46. The minimum atomic E-state index is 0.196. The van der Waals surface area contributed by atoms with Crippen molar-refractivity contribution < 1.29 is 4.79 Å². The summed E-state index contributed by atoms with van der Waals surface area (Å²) in [5.74, 6) is 1.13. The molecule has 1 fully saturated rings. The number of benzene rings is 1. The van der Waals surface area contributed by atoms with Crippen LogP contribution in [0.15, 0.2) is 24.3 Å². The average molecular weight is 231 g/mol. The van der Waals surface area contributed by atoms with Gasteiger partial charge in [0, 0.05) is 12.3 Å². The summed E-state index contributed by atoms with van der Waals surface area (Å²) in [6.45, 7) is 6.21. The monoisotopic (exact) mass is 231 g/mol. The summed E-state index contributed by atoms with van der Waals surface area (Å²) < 4.78 is 0. The molecule has 1 N–H and O–H groups in total. The fraction of sp³-hybridized carbons (Fsp3) is 0.533. The van der Waals surface area contributed by atoms with Crippen LogP contribution in [-0.2, 0) is 17.6 Å². The molecule has 1 aliphatic rings. The Hall–Kier alpha value is -1.15. The number of nitrogens with one attached hydrogen (secondary N) is 1. The Labute approximate surface area is 103 Å². The quantitative estimate of drug-likeness (QED) is 0.842. The molecule has 0 spiro atoms. The third kappa shape index (κ3) is 2.95. The van der Waals surface area contributed by atoms with Crippen molar-refractivity contribution in [2.45, 2.75) is 26.7 Å². The van der Waals surface area contributed by atoms with Crippen LogP contribution >= 0.6 is 0 Å². The van der Waals surface area contributed by atoms with Crippen LogP contribution in [0.1, 0.15) is 25.0 Å². The summed E-state index contributed by atoms with van der Waals surface area (Å²) in [7, 11) is 0. The second-order valence-electron chi connectivity index (χ2n) is 5.02. The van der Waals surface area contributed by atoms with E-state index in [0.717, 1.165) is 25.1 Å². The van der Waals surface area contributed by atoms with Crippen LogP contribution in [-0.4, -0.2) is 18.9 Å². The summed E-state index contributed by atoms with van der Waals surface area (Å²) in [5.41, 5.74) is 2.48. The number of rotatable bonds is 5. The van der Waals surface area contributed by atoms with Gasteiger partial charge in [0.2, 0.25) is 0 Å². The Bertz CT molecular complexity index is 378. The third-order valence-electron chi connectivity index (χ3n) is 3.84. The summed E-state index contributed by atoms with van der Waals surface area (Å²) in [6.07, 6.45) is 1.64. The summed E-state index contributed by atoms with van der Waals surface area (Å²) >= 11 is 0. The van der Waals surface area contributed by atoms with Crippen LogP contribution in [0.4, 0.5) is 0 Å². The van der Waals surface area contributed by atoms with Gasteiger partial charge in [0.05, 0.1) is 0 Å². The Kier molecular flexibility index (Phi) is 3.95. The summed E-state index contributed by atoms with van der Waals surface area (Å²) in [5, 5.41) is 3.22. The van der Waals surface area contributed by atoms with Gasteiger partial charge >= 0.3 is 0 Å². The summed E-state index contributed by atoms with van der Waals surface area (Å²) in [4.78, 5) is 12.1. The molecule has 1 aromatic carbocycles. The molecule has 1 saturated heterocycles. The molecule has 0 aliphatic carbocycles. The highest BCUT2D eigenvalue weighted by atomic mass is 16.1. The molecule has 1 unspecified atom stereocenters. The number of aryl methyl sites for hydroxylation is 1. The van der Waals surface area contributed by atoms with Crippen LogP contribution < -0.4 is 5.32 Å². The molecule has 1 aliphatic heterocycles. The zero-order valence-electron chi connectivity index (χ0n) is 10.7. The molecule has 92 valence electrons. The third-order valence-corrected chi connectivity index (χ3v) is 3.84. The van der Waals surface area contributed by atoms with Crippen molar-refractivity contribution >= 4 is 5.78 Å². The molecular formula is C15H21NO. The fourth-order valence-corrected chi connectivity index (χ4v) is 2.18. The van der Waals surface area contributed by atoms with E-state index in [4.69, 9.17) is 0 Å². The number of Topliss-reactive ketones (excluding diaryl/α,β-unsaturated/α-hetero) is 1. The van der Waals surface area contributed by atoms with E-state index in [1.807, 2.05) is 0 Å². The Morgan fingerprint density at radius 2 is 1.88 bits per heavy atom. The van der Waals surface area contributed by atoms with E-state index in [2.05, 4.69) is 43.4 Å². The lowest BCUT2D eigenvalue weighted by atomic mass is 9.84. The second-order valence-corrected chi connectivity index (χ2v) is 5.02. The maximum atomic E-state index is 12.1. The average Bonchev–Trinajstić information content (AvgIpc) is 2.27. The SMILES string of the molecule is CCc1ccc(CC(=O)C(C)C2CNC2)cc1. The minimum absolute atomic E-state index is 0.196. The fourth-order valence-electron chi connectivity index (χ4n) is 2.18. The highest BCUT2D eigenvalue weighted by Crippen LogP contribution is 2.19. The highest BCUT2D eigenvalue weighted by molar-refractivity contribution is 5.83. The van der Waals surface area contributed by atoms with Gasteiger partial charge < -0.3 is 5.32 Å². The maximum absolute atomic E-state index is 12.1. The van der Waals surface area contributed by atoms with Crippen molar-refractivity contribution in [1.82, 2.24) is 5.32 Å². The van der Waals surface area contributed by atoms with Crippen LogP contribution in [0.3, 0.4) is 0 Å². The largest absolute Gasteiger partial charge is 0.316 e. The van der Waals surface area contributed by atoms with Gasteiger partial charge in [-0.1, -0.05) is 38.1 Å². The van der Waals surface area contributed by atoms with E-state index >= 15 is 0 Å². The number of ketones is 1. The first-order chi connectivity index (χ1) is 8.20. The molecule has 17 heavy (non-hydrogen) atoms. The van der Waals surface area contributed by atoms with Crippen LogP contribution in [0.25, 0.3) is 0 Å². The zero-order valence-corrected chi connectivity index (χ0v) is 10.7. The molecule has 2 nitrogen and oxygen atoms in total. The molecule has 0 aromatic heterocycles. The van der Waals surface area contributed by atoms with Gasteiger partial charge in [-0.05, 0) is 36.6 Å². The normalized spacial score (nSPS) is 17.5. The first-order valence-electron chi connectivity index (χ1n) is 6.52. The van der Waals surface area contributed by atoms with Crippen molar-refractivity contribution in [2.24, 2.45) is 11.8 Å². The molecule has 0 radical (unpaired) electrons. The van der Waals surface area contributed by atoms with E-state index in [-0.39, 0.29) is 5.92 Å². The van der Waals surface area contributed by atoms with Gasteiger partial charge in [0.15, 0.2) is 0 Å². The Balaban J connectivity index is 1.92. The lowest BCUT2D eigenvalue weighted by Crippen LogP contribution is -2.47. The van der Waals surface area contributed by atoms with Gasteiger partial charge in [0.25, 0.3) is 0 Å². The topological polar surface area (TPSA) is 29.1 Å². The Morgan fingerprint density at radius 3 is 2.35 bits per heavy atom. The van der Waals surface area contributed by atoms with Gasteiger partial charge in [-0.15, -0.1) is 0 Å². The predicted octanol–water partition coefficient (Wildman–Crippen LogP) is 2.22. The first-order valence-corrected chi connectivity index (χ1v) is 6.52. The van der Waals surface area contributed by atoms with E-state index in [9.17, 15) is 4.79 Å². The standard InChI is InChI=1S/C15H21NO/c1-3-12-4-6-13(7-5-12)8-15(17)11(2)14-9-16-10-14/h4-7,11,14,16H,3,8-10H2,1-2H3. The molecule has 0 amide bonds. The Morgan fingerprint density at radius 1 is 1.29 bits per heavy atom. The number of carbonyl (C=O) groups excluding carboxylic acids is 1. The first kappa shape index (κ1) is 12.3. The van der Waals surface area contributed by atoms with Gasteiger partial charge in [-0.3, -0.25) is 4.79 Å². The molecule has 2 heteroatoms. The minimum Gasteiger partial charge on any atom is -0.316 e. The van der Waals surface area contributed by atoms with Gasteiger partial charge in [-0.25, -0.2) is 0 Å². The van der Waals surface area contributed by atoms with Crippen LogP contribution in [0.5, 0.6) is 0 Å². The lowest BCUT2D eigenvalue weighted by Gasteiger charge is -2.31. The number of carbonyl (C=O) groups is 1. The van der Waals surface area contributed by atoms with E-state index in [0.29, 0.717) is 18.1 Å². The molecule has 2 rings (SSSR count). The maximum Gasteiger partial charge on any atom is 0.140 e. The van der Waals surface area contributed by atoms with Gasteiger partial charge in [-0.2, -0.15) is 0 Å². The van der Waals surface area contributed by atoms with E-state index in [1.165, 1.54) is 5.56 Å².